The van der Waals surface area contributed by atoms with Gasteiger partial charge in [0.05, 0.1) is 10.4 Å². The van der Waals surface area contributed by atoms with Gasteiger partial charge >= 0.3 is 0 Å². The Kier molecular flexibility index (Phi) is 6.14. The Morgan fingerprint density at radius 1 is 1.19 bits per heavy atom. The number of amides is 3. The number of imidazole rings is 1. The molecule has 0 saturated heterocycles. The molecule has 5 rings (SSSR count). The Balaban J connectivity index is 1.38. The van der Waals surface area contributed by atoms with E-state index in [1.54, 1.807) is 16.7 Å². The summed E-state index contributed by atoms with van der Waals surface area (Å²) in [6, 6.07) is 7.14. The number of carbonyl (C=O) groups is 3. The first-order valence-electron chi connectivity index (χ1n) is 12.3. The van der Waals surface area contributed by atoms with Crippen molar-refractivity contribution in [3.63, 3.8) is 0 Å². The Hall–Kier alpha value is -2.92. The highest BCUT2D eigenvalue weighted by atomic mass is 35.5. The van der Waals surface area contributed by atoms with Crippen molar-refractivity contribution >= 4 is 39.2 Å². The van der Waals surface area contributed by atoms with E-state index in [0.717, 1.165) is 18.4 Å². The van der Waals surface area contributed by atoms with Gasteiger partial charge in [-0.2, -0.15) is 0 Å². The summed E-state index contributed by atoms with van der Waals surface area (Å²) >= 11 is 5.93. The number of primary amides is 1. The van der Waals surface area contributed by atoms with Gasteiger partial charge in [0, 0.05) is 37.1 Å². The quantitative estimate of drug-likeness (QED) is 0.491. The number of hydrogen-bond donors (Lipinski definition) is 2. The highest BCUT2D eigenvalue weighted by molar-refractivity contribution is 7.95. The fourth-order valence-electron chi connectivity index (χ4n) is 4.89. The Bertz CT molecular complexity index is 1390. The van der Waals surface area contributed by atoms with Gasteiger partial charge in [-0.25, -0.2) is 13.4 Å². The lowest BCUT2D eigenvalue weighted by Gasteiger charge is -2.34. The average molecular weight is 548 g/mol. The minimum absolute atomic E-state index is 0.0156. The van der Waals surface area contributed by atoms with Gasteiger partial charge in [0.2, 0.25) is 5.91 Å². The molecule has 0 unspecified atom stereocenters. The lowest BCUT2D eigenvalue weighted by atomic mass is 10.1. The van der Waals surface area contributed by atoms with Crippen LogP contribution in [-0.4, -0.2) is 63.2 Å². The minimum Gasteiger partial charge on any atom is -0.368 e. The van der Waals surface area contributed by atoms with E-state index >= 15 is 0 Å². The molecule has 1 aliphatic heterocycles. The van der Waals surface area contributed by atoms with Gasteiger partial charge in [-0.3, -0.25) is 14.4 Å². The maximum absolute atomic E-state index is 13.7. The van der Waals surface area contributed by atoms with Crippen LogP contribution >= 0.6 is 11.6 Å². The molecule has 2 fully saturated rings. The fourth-order valence-corrected chi connectivity index (χ4v) is 7.33. The molecule has 2 heterocycles. The van der Waals surface area contributed by atoms with Crippen LogP contribution in [0.25, 0.3) is 0 Å². The first-order chi connectivity index (χ1) is 17.4. The standard InChI is InChI=1S/C25H30ClN5O5S/c1-24(2,23(27)34)37(35,36)25(9-10-25)14-30-11-12-31-19(22(30)33)18(16-5-6-16)29-20(31)21(32)28-13-15-3-7-17(26)8-4-15/h3-4,7-8,16H,5-6,9-14H2,1-2H3,(H2,27,34)(H,28,32). The van der Waals surface area contributed by atoms with Crippen LogP contribution in [0.1, 0.15) is 77.8 Å². The monoisotopic (exact) mass is 547 g/mol. The zero-order valence-corrected chi connectivity index (χ0v) is 22.4. The molecule has 1 aromatic carbocycles. The van der Waals surface area contributed by atoms with E-state index < -0.39 is 25.2 Å². The molecule has 0 bridgehead atoms. The van der Waals surface area contributed by atoms with Gasteiger partial charge in [-0.15, -0.1) is 0 Å². The van der Waals surface area contributed by atoms with Gasteiger partial charge < -0.3 is 20.5 Å². The van der Waals surface area contributed by atoms with Crippen molar-refractivity contribution in [2.75, 3.05) is 13.1 Å². The van der Waals surface area contributed by atoms with Crippen LogP contribution in [-0.2, 0) is 27.7 Å². The highest BCUT2D eigenvalue weighted by Gasteiger charge is 2.62. The second-order valence-electron chi connectivity index (χ2n) is 10.7. The topological polar surface area (TPSA) is 144 Å². The summed E-state index contributed by atoms with van der Waals surface area (Å²) in [5, 5.41) is 3.47. The van der Waals surface area contributed by atoms with Crippen LogP contribution in [0.15, 0.2) is 24.3 Å². The summed E-state index contributed by atoms with van der Waals surface area (Å²) in [7, 11) is -3.95. The molecule has 10 nitrogen and oxygen atoms in total. The average Bonchev–Trinajstić information content (AvgIpc) is 3.78. The normalized spacial score (nSPS) is 18.9. The first-order valence-corrected chi connectivity index (χ1v) is 14.2. The van der Waals surface area contributed by atoms with E-state index in [1.165, 1.54) is 18.7 Å². The van der Waals surface area contributed by atoms with Crippen LogP contribution in [0.2, 0.25) is 5.02 Å². The number of hydrogen-bond acceptors (Lipinski definition) is 6. The predicted octanol–water partition coefficient (Wildman–Crippen LogP) is 2.01. The van der Waals surface area contributed by atoms with E-state index in [2.05, 4.69) is 10.3 Å². The van der Waals surface area contributed by atoms with E-state index in [0.29, 0.717) is 35.8 Å². The number of nitrogens with zero attached hydrogens (tertiary/aromatic N) is 3. The number of halogens is 1. The second kappa shape index (κ2) is 8.83. The smallest absolute Gasteiger partial charge is 0.287 e. The molecule has 1 aromatic heterocycles. The molecule has 0 radical (unpaired) electrons. The number of nitrogens with one attached hydrogen (secondary N) is 1. The SMILES string of the molecule is CC(C)(C(N)=O)S(=O)(=O)C1(CN2CCn3c(C(=O)NCc4ccc(Cl)cc4)nc(C4CC4)c3C2=O)CC1. The van der Waals surface area contributed by atoms with E-state index in [4.69, 9.17) is 17.3 Å². The lowest BCUT2D eigenvalue weighted by molar-refractivity contribution is -0.119. The third kappa shape index (κ3) is 4.31. The zero-order valence-electron chi connectivity index (χ0n) is 20.8. The third-order valence-corrected chi connectivity index (χ3v) is 11.2. The second-order valence-corrected chi connectivity index (χ2v) is 14.0. The molecule has 2 aliphatic carbocycles. The van der Waals surface area contributed by atoms with Crippen molar-refractivity contribution in [1.29, 1.82) is 0 Å². The van der Waals surface area contributed by atoms with Crippen molar-refractivity contribution in [3.05, 3.63) is 52.1 Å². The van der Waals surface area contributed by atoms with E-state index in [1.807, 2.05) is 12.1 Å². The molecule has 2 aromatic rings. The van der Waals surface area contributed by atoms with Gasteiger partial charge in [-0.1, -0.05) is 23.7 Å². The molecular weight excluding hydrogens is 518 g/mol. The molecule has 198 valence electrons. The first kappa shape index (κ1) is 25.7. The highest BCUT2D eigenvalue weighted by Crippen LogP contribution is 2.49. The summed E-state index contributed by atoms with van der Waals surface area (Å²) in [5.41, 5.74) is 7.24. The summed E-state index contributed by atoms with van der Waals surface area (Å²) in [6.45, 7) is 3.46. The van der Waals surface area contributed by atoms with Crippen LogP contribution in [0.3, 0.4) is 0 Å². The number of fused-ring (bicyclic) bond motifs is 1. The maximum Gasteiger partial charge on any atom is 0.287 e. The lowest BCUT2D eigenvalue weighted by Crippen LogP contribution is -2.55. The molecule has 2 saturated carbocycles. The van der Waals surface area contributed by atoms with Crippen molar-refractivity contribution in [1.82, 2.24) is 19.8 Å². The van der Waals surface area contributed by atoms with E-state index in [-0.39, 0.29) is 43.2 Å². The van der Waals surface area contributed by atoms with Crippen molar-refractivity contribution in [2.45, 2.75) is 68.0 Å². The summed E-state index contributed by atoms with van der Waals surface area (Å²) in [6.07, 6.45) is 2.49. The number of carbonyl (C=O) groups excluding carboxylic acids is 3. The number of nitrogens with two attached hydrogens (primary N) is 1. The van der Waals surface area contributed by atoms with Crippen molar-refractivity contribution in [3.8, 4) is 0 Å². The summed E-state index contributed by atoms with van der Waals surface area (Å²) in [4.78, 5) is 44.8. The summed E-state index contributed by atoms with van der Waals surface area (Å²) < 4.78 is 25.5. The fraction of sp³-hybridized carbons (Fsp3) is 0.520. The third-order valence-electron chi connectivity index (χ3n) is 7.73. The molecule has 3 N–H and O–H groups in total. The molecule has 0 spiro atoms. The predicted molar refractivity (Wildman–Crippen MR) is 137 cm³/mol. The van der Waals surface area contributed by atoms with Crippen LogP contribution in [0.4, 0.5) is 0 Å². The Morgan fingerprint density at radius 3 is 2.41 bits per heavy atom. The van der Waals surface area contributed by atoms with Crippen molar-refractivity contribution < 1.29 is 22.8 Å². The van der Waals surface area contributed by atoms with Gasteiger partial charge in [0.1, 0.15) is 10.4 Å². The van der Waals surface area contributed by atoms with Crippen LogP contribution in [0, 0.1) is 0 Å². The van der Waals surface area contributed by atoms with Crippen LogP contribution < -0.4 is 11.1 Å². The Morgan fingerprint density at radius 2 is 1.84 bits per heavy atom. The number of sulfone groups is 1. The number of aromatic nitrogens is 2. The molecule has 37 heavy (non-hydrogen) atoms. The molecule has 0 atom stereocenters. The van der Waals surface area contributed by atoms with Gasteiger partial charge in [0.15, 0.2) is 15.7 Å². The molecular formula is C25H30ClN5O5S. The Labute approximate surface area is 220 Å². The molecule has 12 heteroatoms. The van der Waals surface area contributed by atoms with Gasteiger partial charge in [0.25, 0.3) is 11.8 Å². The van der Waals surface area contributed by atoms with Gasteiger partial charge in [-0.05, 0) is 57.2 Å². The number of benzene rings is 1. The van der Waals surface area contributed by atoms with Crippen LogP contribution in [0.5, 0.6) is 0 Å². The molecule has 3 amide bonds. The summed E-state index contributed by atoms with van der Waals surface area (Å²) in [5.74, 6) is -1.34. The molecule has 3 aliphatic rings. The minimum atomic E-state index is -3.95. The zero-order chi connectivity index (χ0) is 26.8. The number of rotatable bonds is 9. The maximum atomic E-state index is 13.7. The largest absolute Gasteiger partial charge is 0.368 e. The van der Waals surface area contributed by atoms with Crippen molar-refractivity contribution in [2.24, 2.45) is 5.73 Å². The van der Waals surface area contributed by atoms with E-state index in [9.17, 15) is 22.8 Å².